The van der Waals surface area contributed by atoms with Gasteiger partial charge in [-0.25, -0.2) is 0 Å². The maximum atomic E-state index is 6.23. The van der Waals surface area contributed by atoms with Gasteiger partial charge in [-0.15, -0.1) is 0 Å². The summed E-state index contributed by atoms with van der Waals surface area (Å²) in [6.07, 6.45) is 0.958. The Hall–Kier alpha value is -1.58. The molecule has 0 bridgehead atoms. The number of hydrogen-bond acceptors (Lipinski definition) is 3. The summed E-state index contributed by atoms with van der Waals surface area (Å²) in [5.74, 6) is 1.97. The third-order valence-corrected chi connectivity index (χ3v) is 4.26. The maximum absolute atomic E-state index is 6.23. The number of benzene rings is 1. The summed E-state index contributed by atoms with van der Waals surface area (Å²) >= 11 is 0. The average Bonchev–Trinajstić information content (AvgIpc) is 2.91. The molecule has 3 atom stereocenters. The molecule has 0 aliphatic heterocycles. The zero-order valence-electron chi connectivity index (χ0n) is 12.3. The first-order valence-corrected chi connectivity index (χ1v) is 7.23. The highest BCUT2D eigenvalue weighted by Gasteiger charge is 2.29. The minimum Gasteiger partial charge on any atom is -0.466 e. The minimum absolute atomic E-state index is 0.142. The fourth-order valence-corrected chi connectivity index (χ4v) is 3.30. The Morgan fingerprint density at radius 2 is 1.95 bits per heavy atom. The zero-order valence-corrected chi connectivity index (χ0v) is 12.3. The van der Waals surface area contributed by atoms with Gasteiger partial charge in [-0.3, -0.25) is 0 Å². The number of rotatable bonds is 3. The van der Waals surface area contributed by atoms with E-state index in [1.54, 1.807) is 0 Å². The number of nitrogens with two attached hydrogens (primary N) is 1. The van der Waals surface area contributed by atoms with Crippen LogP contribution >= 0.6 is 0 Å². The van der Waals surface area contributed by atoms with Crippen molar-refractivity contribution in [2.45, 2.75) is 45.3 Å². The molecular formula is C17H22N2O. The van der Waals surface area contributed by atoms with Gasteiger partial charge >= 0.3 is 0 Å². The Kier molecular flexibility index (Phi) is 3.40. The van der Waals surface area contributed by atoms with Crippen LogP contribution in [0.15, 0.2) is 34.7 Å². The van der Waals surface area contributed by atoms with E-state index in [2.05, 4.69) is 42.6 Å². The molecule has 3 N–H and O–H groups in total. The monoisotopic (exact) mass is 270 g/mol. The SMILES string of the molecule is Cc1cc(C(C)NC2CC(N)c3ccccc32)c(C)o1. The summed E-state index contributed by atoms with van der Waals surface area (Å²) in [6.45, 7) is 6.20. The topological polar surface area (TPSA) is 51.2 Å². The minimum atomic E-state index is 0.142. The van der Waals surface area contributed by atoms with Gasteiger partial charge in [-0.1, -0.05) is 24.3 Å². The molecule has 1 heterocycles. The van der Waals surface area contributed by atoms with Crippen LogP contribution in [-0.2, 0) is 0 Å². The molecule has 3 unspecified atom stereocenters. The van der Waals surface area contributed by atoms with Gasteiger partial charge in [-0.05, 0) is 44.4 Å². The van der Waals surface area contributed by atoms with Crippen molar-refractivity contribution in [3.63, 3.8) is 0 Å². The highest BCUT2D eigenvalue weighted by atomic mass is 16.3. The summed E-state index contributed by atoms with van der Waals surface area (Å²) in [4.78, 5) is 0. The van der Waals surface area contributed by atoms with Crippen LogP contribution in [0, 0.1) is 13.8 Å². The predicted molar refractivity (Wildman–Crippen MR) is 80.5 cm³/mol. The number of fused-ring (bicyclic) bond motifs is 1. The molecular weight excluding hydrogens is 248 g/mol. The lowest BCUT2D eigenvalue weighted by molar-refractivity contribution is 0.436. The summed E-state index contributed by atoms with van der Waals surface area (Å²) in [5, 5.41) is 3.70. The molecule has 0 radical (unpaired) electrons. The van der Waals surface area contributed by atoms with E-state index in [0.29, 0.717) is 6.04 Å². The predicted octanol–water partition coefficient (Wildman–Crippen LogP) is 3.69. The van der Waals surface area contributed by atoms with Gasteiger partial charge in [0.25, 0.3) is 0 Å². The van der Waals surface area contributed by atoms with Crippen molar-refractivity contribution in [1.82, 2.24) is 5.32 Å². The molecule has 1 aliphatic rings. The molecule has 0 saturated heterocycles. The molecule has 3 heteroatoms. The molecule has 3 rings (SSSR count). The average molecular weight is 270 g/mol. The summed E-state index contributed by atoms with van der Waals surface area (Å²) < 4.78 is 5.63. The van der Waals surface area contributed by atoms with Gasteiger partial charge in [0.2, 0.25) is 0 Å². The van der Waals surface area contributed by atoms with Crippen LogP contribution in [0.4, 0.5) is 0 Å². The van der Waals surface area contributed by atoms with Crippen molar-refractivity contribution in [2.24, 2.45) is 5.73 Å². The number of nitrogens with one attached hydrogen (secondary N) is 1. The molecule has 1 aromatic carbocycles. The second kappa shape index (κ2) is 5.08. The first kappa shape index (κ1) is 13.4. The molecule has 2 aromatic rings. The summed E-state index contributed by atoms with van der Waals surface area (Å²) in [7, 11) is 0. The fraction of sp³-hybridized carbons (Fsp3) is 0.412. The van der Waals surface area contributed by atoms with E-state index in [9.17, 15) is 0 Å². The van der Waals surface area contributed by atoms with E-state index in [1.807, 2.05) is 13.8 Å². The van der Waals surface area contributed by atoms with E-state index in [0.717, 1.165) is 17.9 Å². The van der Waals surface area contributed by atoms with Crippen LogP contribution in [0.1, 0.15) is 59.7 Å². The van der Waals surface area contributed by atoms with Crippen molar-refractivity contribution in [3.05, 3.63) is 58.5 Å². The van der Waals surface area contributed by atoms with Gasteiger partial charge < -0.3 is 15.5 Å². The lowest BCUT2D eigenvalue weighted by Crippen LogP contribution is -2.23. The van der Waals surface area contributed by atoms with Crippen molar-refractivity contribution >= 4 is 0 Å². The second-order valence-corrected chi connectivity index (χ2v) is 5.78. The lowest BCUT2D eigenvalue weighted by atomic mass is 10.0. The smallest absolute Gasteiger partial charge is 0.105 e. The van der Waals surface area contributed by atoms with Crippen molar-refractivity contribution in [3.8, 4) is 0 Å². The number of aryl methyl sites for hydroxylation is 2. The van der Waals surface area contributed by atoms with E-state index in [4.69, 9.17) is 10.2 Å². The molecule has 0 spiro atoms. The first-order chi connectivity index (χ1) is 9.56. The Morgan fingerprint density at radius 1 is 1.25 bits per heavy atom. The Labute approximate surface area is 120 Å². The van der Waals surface area contributed by atoms with Crippen LogP contribution in [0.3, 0.4) is 0 Å². The molecule has 0 saturated carbocycles. The molecule has 1 aromatic heterocycles. The standard InChI is InChI=1S/C17H22N2O/c1-10-8-15(12(3)20-10)11(2)19-17-9-16(18)13-6-4-5-7-14(13)17/h4-8,11,16-17,19H,9,18H2,1-3H3. The zero-order chi connectivity index (χ0) is 14.3. The van der Waals surface area contributed by atoms with Crippen molar-refractivity contribution in [1.29, 1.82) is 0 Å². The van der Waals surface area contributed by atoms with Crippen LogP contribution in [0.5, 0.6) is 0 Å². The van der Waals surface area contributed by atoms with Crippen LogP contribution in [0.25, 0.3) is 0 Å². The maximum Gasteiger partial charge on any atom is 0.105 e. The van der Waals surface area contributed by atoms with Crippen LogP contribution in [-0.4, -0.2) is 0 Å². The number of furan rings is 1. The largest absolute Gasteiger partial charge is 0.466 e. The molecule has 1 aliphatic carbocycles. The fourth-order valence-electron chi connectivity index (χ4n) is 3.30. The van der Waals surface area contributed by atoms with Crippen molar-refractivity contribution < 1.29 is 4.42 Å². The quantitative estimate of drug-likeness (QED) is 0.894. The van der Waals surface area contributed by atoms with Crippen molar-refractivity contribution in [2.75, 3.05) is 0 Å². The third kappa shape index (κ3) is 2.28. The lowest BCUT2D eigenvalue weighted by Gasteiger charge is -2.20. The van der Waals surface area contributed by atoms with Gasteiger partial charge in [0.1, 0.15) is 11.5 Å². The highest BCUT2D eigenvalue weighted by Crippen LogP contribution is 2.38. The third-order valence-electron chi connectivity index (χ3n) is 4.26. The summed E-state index contributed by atoms with van der Waals surface area (Å²) in [6, 6.07) is 11.3. The van der Waals surface area contributed by atoms with Gasteiger partial charge in [0.05, 0.1) is 0 Å². The van der Waals surface area contributed by atoms with E-state index in [1.165, 1.54) is 16.7 Å². The van der Waals surface area contributed by atoms with Gasteiger partial charge in [-0.2, -0.15) is 0 Å². The molecule has 106 valence electrons. The Balaban J connectivity index is 1.81. The number of hydrogen-bond donors (Lipinski definition) is 2. The van der Waals surface area contributed by atoms with E-state index >= 15 is 0 Å². The van der Waals surface area contributed by atoms with E-state index < -0.39 is 0 Å². The molecule has 20 heavy (non-hydrogen) atoms. The van der Waals surface area contributed by atoms with Crippen LogP contribution in [0.2, 0.25) is 0 Å². The van der Waals surface area contributed by atoms with Crippen LogP contribution < -0.4 is 11.1 Å². The van der Waals surface area contributed by atoms with Gasteiger partial charge in [0.15, 0.2) is 0 Å². The highest BCUT2D eigenvalue weighted by molar-refractivity contribution is 5.37. The Bertz CT molecular complexity index is 617. The van der Waals surface area contributed by atoms with Gasteiger partial charge in [0, 0.05) is 23.7 Å². The Morgan fingerprint density at radius 3 is 2.60 bits per heavy atom. The molecule has 3 nitrogen and oxygen atoms in total. The summed E-state index contributed by atoms with van der Waals surface area (Å²) in [5.41, 5.74) is 10.1. The van der Waals surface area contributed by atoms with E-state index in [-0.39, 0.29) is 12.1 Å². The first-order valence-electron chi connectivity index (χ1n) is 7.23. The second-order valence-electron chi connectivity index (χ2n) is 5.78. The normalized spacial score (nSPS) is 22.8. The molecule has 0 amide bonds. The molecule has 0 fully saturated rings.